The summed E-state index contributed by atoms with van der Waals surface area (Å²) in [7, 11) is 0. The van der Waals surface area contributed by atoms with Gasteiger partial charge in [0.15, 0.2) is 0 Å². The number of nitrogens with zero attached hydrogens (tertiary/aromatic N) is 2. The minimum Gasteiger partial charge on any atom is -0.326 e. The first-order valence-corrected chi connectivity index (χ1v) is 3.57. The van der Waals surface area contributed by atoms with E-state index in [-0.39, 0.29) is 17.8 Å². The van der Waals surface area contributed by atoms with Gasteiger partial charge < -0.3 is 5.73 Å². The molecule has 0 fully saturated rings. The summed E-state index contributed by atoms with van der Waals surface area (Å²) in [6.07, 6.45) is -2.69. The fourth-order valence-corrected chi connectivity index (χ4v) is 0.928. The van der Waals surface area contributed by atoms with Crippen LogP contribution in [0.1, 0.15) is 23.4 Å². The van der Waals surface area contributed by atoms with E-state index in [1.807, 2.05) is 0 Å². The SMILES string of the molecule is N#Cc1ccc(CN)c(C(F)F)n1. The third kappa shape index (κ3) is 1.98. The highest BCUT2D eigenvalue weighted by Gasteiger charge is 2.14. The molecule has 0 amide bonds. The van der Waals surface area contributed by atoms with Gasteiger partial charge in [-0.25, -0.2) is 13.8 Å². The summed E-state index contributed by atoms with van der Waals surface area (Å²) < 4.78 is 24.6. The maximum Gasteiger partial charge on any atom is 0.280 e. The van der Waals surface area contributed by atoms with Crippen LogP contribution < -0.4 is 5.73 Å². The largest absolute Gasteiger partial charge is 0.326 e. The minimum atomic E-state index is -2.69. The fourth-order valence-electron chi connectivity index (χ4n) is 0.928. The summed E-state index contributed by atoms with van der Waals surface area (Å²) in [4.78, 5) is 3.47. The molecule has 68 valence electrons. The summed E-state index contributed by atoms with van der Waals surface area (Å²) in [6.45, 7) is -0.00161. The average Bonchev–Trinajstić information content (AvgIpc) is 2.16. The average molecular weight is 183 g/mol. The van der Waals surface area contributed by atoms with E-state index in [1.165, 1.54) is 12.1 Å². The van der Waals surface area contributed by atoms with Crippen LogP contribution >= 0.6 is 0 Å². The van der Waals surface area contributed by atoms with E-state index in [4.69, 9.17) is 11.0 Å². The summed E-state index contributed by atoms with van der Waals surface area (Å²) >= 11 is 0. The standard InChI is InChI=1S/C8H7F2N3/c9-8(10)7-5(3-11)1-2-6(4-12)13-7/h1-2,8H,3,11H2. The van der Waals surface area contributed by atoms with Crippen molar-refractivity contribution < 1.29 is 8.78 Å². The van der Waals surface area contributed by atoms with Crippen molar-refractivity contribution in [3.8, 4) is 6.07 Å². The molecule has 0 atom stereocenters. The maximum atomic E-state index is 12.3. The van der Waals surface area contributed by atoms with Crippen molar-refractivity contribution in [3.05, 3.63) is 29.1 Å². The highest BCUT2D eigenvalue weighted by atomic mass is 19.3. The van der Waals surface area contributed by atoms with Crippen molar-refractivity contribution in [1.29, 1.82) is 5.26 Å². The van der Waals surface area contributed by atoms with Crippen molar-refractivity contribution in [1.82, 2.24) is 4.98 Å². The van der Waals surface area contributed by atoms with Crippen LogP contribution in [0.4, 0.5) is 8.78 Å². The van der Waals surface area contributed by atoms with Crippen molar-refractivity contribution in [2.24, 2.45) is 5.73 Å². The molecule has 0 aliphatic carbocycles. The first kappa shape index (κ1) is 9.55. The molecule has 0 saturated heterocycles. The van der Waals surface area contributed by atoms with Gasteiger partial charge in [-0.05, 0) is 11.6 Å². The fraction of sp³-hybridized carbons (Fsp3) is 0.250. The highest BCUT2D eigenvalue weighted by Crippen LogP contribution is 2.20. The number of aromatic nitrogens is 1. The maximum absolute atomic E-state index is 12.3. The molecule has 2 N–H and O–H groups in total. The minimum absolute atomic E-state index is 0.00161. The number of pyridine rings is 1. The van der Waals surface area contributed by atoms with Crippen LogP contribution in [0.15, 0.2) is 12.1 Å². The lowest BCUT2D eigenvalue weighted by atomic mass is 10.2. The van der Waals surface area contributed by atoms with Crippen LogP contribution in [0.2, 0.25) is 0 Å². The van der Waals surface area contributed by atoms with Gasteiger partial charge in [0.1, 0.15) is 17.5 Å². The number of halogens is 2. The second-order valence-corrected chi connectivity index (χ2v) is 2.36. The Morgan fingerprint density at radius 3 is 2.69 bits per heavy atom. The Morgan fingerprint density at radius 2 is 2.23 bits per heavy atom. The third-order valence-electron chi connectivity index (χ3n) is 1.55. The van der Waals surface area contributed by atoms with Crippen molar-refractivity contribution in [2.75, 3.05) is 0 Å². The zero-order valence-corrected chi connectivity index (χ0v) is 6.67. The van der Waals surface area contributed by atoms with E-state index >= 15 is 0 Å². The Morgan fingerprint density at radius 1 is 1.54 bits per heavy atom. The zero-order valence-electron chi connectivity index (χ0n) is 6.67. The van der Waals surface area contributed by atoms with E-state index in [1.54, 1.807) is 6.07 Å². The topological polar surface area (TPSA) is 62.7 Å². The summed E-state index contributed by atoms with van der Waals surface area (Å²) in [6, 6.07) is 4.45. The van der Waals surface area contributed by atoms with Gasteiger partial charge >= 0.3 is 0 Å². The lowest BCUT2D eigenvalue weighted by Gasteiger charge is -2.04. The number of rotatable bonds is 2. The van der Waals surface area contributed by atoms with Crippen LogP contribution in [-0.4, -0.2) is 4.98 Å². The van der Waals surface area contributed by atoms with Gasteiger partial charge in [-0.3, -0.25) is 0 Å². The van der Waals surface area contributed by atoms with Gasteiger partial charge in [-0.15, -0.1) is 0 Å². The Labute approximate surface area is 73.8 Å². The van der Waals surface area contributed by atoms with Crippen molar-refractivity contribution in [2.45, 2.75) is 13.0 Å². The molecule has 5 heteroatoms. The molecule has 0 bridgehead atoms. The Bertz CT molecular complexity index is 344. The predicted molar refractivity (Wildman–Crippen MR) is 41.8 cm³/mol. The van der Waals surface area contributed by atoms with Crippen LogP contribution in [-0.2, 0) is 6.54 Å². The summed E-state index contributed by atoms with van der Waals surface area (Å²) in [5.41, 5.74) is 5.07. The normalized spacial score (nSPS) is 10.1. The monoisotopic (exact) mass is 183 g/mol. The number of alkyl halides is 2. The smallest absolute Gasteiger partial charge is 0.280 e. The zero-order chi connectivity index (χ0) is 9.84. The quantitative estimate of drug-likeness (QED) is 0.752. The first-order valence-electron chi connectivity index (χ1n) is 3.57. The van der Waals surface area contributed by atoms with E-state index in [0.29, 0.717) is 0 Å². The highest BCUT2D eigenvalue weighted by molar-refractivity contribution is 5.29. The Kier molecular flexibility index (Phi) is 2.88. The van der Waals surface area contributed by atoms with Gasteiger partial charge in [-0.2, -0.15) is 5.26 Å². The second kappa shape index (κ2) is 3.92. The molecule has 1 aromatic rings. The van der Waals surface area contributed by atoms with Gasteiger partial charge in [0.25, 0.3) is 6.43 Å². The van der Waals surface area contributed by atoms with Crippen molar-refractivity contribution in [3.63, 3.8) is 0 Å². The Balaban J connectivity index is 3.20. The molecule has 3 nitrogen and oxygen atoms in total. The van der Waals surface area contributed by atoms with Crippen LogP contribution in [0.3, 0.4) is 0 Å². The molecule has 0 aliphatic rings. The molecule has 1 rings (SSSR count). The van der Waals surface area contributed by atoms with Crippen LogP contribution in [0, 0.1) is 11.3 Å². The molecular weight excluding hydrogens is 176 g/mol. The number of nitriles is 1. The lowest BCUT2D eigenvalue weighted by molar-refractivity contribution is 0.144. The molecule has 0 unspecified atom stereocenters. The second-order valence-electron chi connectivity index (χ2n) is 2.36. The van der Waals surface area contributed by atoms with Gasteiger partial charge in [0, 0.05) is 6.54 Å². The van der Waals surface area contributed by atoms with E-state index in [9.17, 15) is 8.78 Å². The number of hydrogen-bond donors (Lipinski definition) is 1. The molecule has 13 heavy (non-hydrogen) atoms. The molecule has 1 heterocycles. The molecule has 0 aliphatic heterocycles. The summed E-state index contributed by atoms with van der Waals surface area (Å²) in [5.74, 6) is 0. The van der Waals surface area contributed by atoms with Gasteiger partial charge in [-0.1, -0.05) is 6.07 Å². The molecule has 0 spiro atoms. The third-order valence-corrected chi connectivity index (χ3v) is 1.55. The Hall–Kier alpha value is -1.54. The first-order chi connectivity index (χ1) is 6.19. The number of hydrogen-bond acceptors (Lipinski definition) is 3. The lowest BCUT2D eigenvalue weighted by Crippen LogP contribution is -2.05. The van der Waals surface area contributed by atoms with Gasteiger partial charge in [0.05, 0.1) is 0 Å². The summed E-state index contributed by atoms with van der Waals surface area (Å²) in [5, 5.41) is 8.42. The van der Waals surface area contributed by atoms with Crippen molar-refractivity contribution >= 4 is 0 Å². The predicted octanol–water partition coefficient (Wildman–Crippen LogP) is 1.35. The van der Waals surface area contributed by atoms with E-state index < -0.39 is 12.1 Å². The number of nitrogens with two attached hydrogens (primary N) is 1. The molecule has 0 radical (unpaired) electrons. The molecule has 1 aromatic heterocycles. The van der Waals surface area contributed by atoms with Gasteiger partial charge in [0.2, 0.25) is 0 Å². The molecular formula is C8H7F2N3. The van der Waals surface area contributed by atoms with Crippen LogP contribution in [0.5, 0.6) is 0 Å². The van der Waals surface area contributed by atoms with E-state index in [0.717, 1.165) is 0 Å². The van der Waals surface area contributed by atoms with E-state index in [2.05, 4.69) is 4.98 Å². The molecule has 0 aromatic carbocycles. The van der Waals surface area contributed by atoms with Crippen LogP contribution in [0.25, 0.3) is 0 Å². The molecule has 0 saturated carbocycles.